The van der Waals surface area contributed by atoms with Crippen LogP contribution in [-0.2, 0) is 15.9 Å². The molecule has 1 aromatic rings. The van der Waals surface area contributed by atoms with E-state index in [1.165, 1.54) is 17.5 Å². The molecule has 5 atom stereocenters. The van der Waals surface area contributed by atoms with Crippen LogP contribution in [0.2, 0.25) is 0 Å². The van der Waals surface area contributed by atoms with Gasteiger partial charge in [-0.15, -0.1) is 0 Å². The largest absolute Gasteiger partial charge is 0.501 e. The highest BCUT2D eigenvalue weighted by atomic mass is 32.2. The van der Waals surface area contributed by atoms with Gasteiger partial charge >= 0.3 is 0 Å². The minimum Gasteiger partial charge on any atom is -0.501 e. The molecule has 21 heavy (non-hydrogen) atoms. The van der Waals surface area contributed by atoms with Crippen LogP contribution in [0.4, 0.5) is 0 Å². The maximum absolute atomic E-state index is 6.02. The van der Waals surface area contributed by atoms with E-state index >= 15 is 0 Å². The normalized spacial score (nSPS) is 39.1. The van der Waals surface area contributed by atoms with E-state index in [9.17, 15) is 0 Å². The highest BCUT2D eigenvalue weighted by molar-refractivity contribution is 7.98. The molecule has 3 aliphatic carbocycles. The van der Waals surface area contributed by atoms with Crippen molar-refractivity contribution in [1.29, 1.82) is 0 Å². The molecule has 0 aromatic heterocycles. The van der Waals surface area contributed by atoms with Crippen LogP contribution in [0.5, 0.6) is 0 Å². The Morgan fingerprint density at radius 1 is 1.29 bits per heavy atom. The van der Waals surface area contributed by atoms with Gasteiger partial charge in [0.15, 0.2) is 0 Å². The second kappa shape index (κ2) is 4.79. The highest BCUT2D eigenvalue weighted by Gasteiger charge is 2.70. The number of hydrogen-bond acceptors (Lipinski definition) is 3. The van der Waals surface area contributed by atoms with Gasteiger partial charge in [-0.25, -0.2) is 0 Å². The Hall–Kier alpha value is -0.930. The first-order chi connectivity index (χ1) is 10.3. The zero-order valence-electron chi connectivity index (χ0n) is 12.8. The lowest BCUT2D eigenvalue weighted by molar-refractivity contribution is 0.0707. The van der Waals surface area contributed by atoms with Crippen LogP contribution in [0.15, 0.2) is 36.1 Å². The summed E-state index contributed by atoms with van der Waals surface area (Å²) in [6.45, 7) is 0. The third kappa shape index (κ3) is 1.71. The number of thioether (sulfide) groups is 1. The Labute approximate surface area is 130 Å². The van der Waals surface area contributed by atoms with E-state index in [2.05, 4.69) is 36.6 Å². The summed E-state index contributed by atoms with van der Waals surface area (Å²) in [6.07, 6.45) is 5.70. The molecule has 0 bridgehead atoms. The predicted octanol–water partition coefficient (Wildman–Crippen LogP) is 3.48. The van der Waals surface area contributed by atoms with Gasteiger partial charge in [0, 0.05) is 30.6 Å². The summed E-state index contributed by atoms with van der Waals surface area (Å²) in [7, 11) is 3.70. The highest BCUT2D eigenvalue weighted by Crippen LogP contribution is 2.68. The Kier molecular flexibility index (Phi) is 3.13. The lowest BCUT2D eigenvalue weighted by Crippen LogP contribution is -2.24. The van der Waals surface area contributed by atoms with Crippen molar-refractivity contribution >= 4 is 11.8 Å². The average Bonchev–Trinajstić information content (AvgIpc) is 2.98. The molecule has 0 N–H and O–H groups in total. The van der Waals surface area contributed by atoms with Crippen LogP contribution in [0.3, 0.4) is 0 Å². The molecular weight excluding hydrogens is 280 g/mol. The van der Waals surface area contributed by atoms with Gasteiger partial charge in [-0.2, -0.15) is 11.8 Å². The van der Waals surface area contributed by atoms with Crippen LogP contribution in [0, 0.1) is 17.8 Å². The van der Waals surface area contributed by atoms with Crippen molar-refractivity contribution in [1.82, 2.24) is 0 Å². The number of rotatable bonds is 4. The van der Waals surface area contributed by atoms with E-state index in [0.717, 1.165) is 11.5 Å². The van der Waals surface area contributed by atoms with Gasteiger partial charge in [0.1, 0.15) is 0 Å². The zero-order chi connectivity index (χ0) is 14.6. The lowest BCUT2D eigenvalue weighted by Gasteiger charge is -2.26. The third-order valence-electron chi connectivity index (χ3n) is 5.78. The molecule has 1 saturated carbocycles. The van der Waals surface area contributed by atoms with Crippen LogP contribution < -0.4 is 0 Å². The van der Waals surface area contributed by atoms with Crippen LogP contribution >= 0.6 is 11.8 Å². The fourth-order valence-corrected chi connectivity index (χ4v) is 5.85. The summed E-state index contributed by atoms with van der Waals surface area (Å²) in [5, 5.41) is 0. The lowest BCUT2D eigenvalue weighted by atomic mass is 9.82. The van der Waals surface area contributed by atoms with E-state index in [0.29, 0.717) is 23.7 Å². The fraction of sp³-hybridized carbons (Fsp3) is 0.556. The van der Waals surface area contributed by atoms with Crippen molar-refractivity contribution < 1.29 is 9.47 Å². The zero-order valence-corrected chi connectivity index (χ0v) is 13.7. The first kappa shape index (κ1) is 13.7. The Bertz CT molecular complexity index is 597. The third-order valence-corrected chi connectivity index (χ3v) is 6.52. The van der Waals surface area contributed by atoms with Crippen molar-refractivity contribution in [2.45, 2.75) is 17.9 Å². The maximum Gasteiger partial charge on any atom is 0.0997 e. The van der Waals surface area contributed by atoms with Crippen molar-refractivity contribution in [2.24, 2.45) is 17.8 Å². The van der Waals surface area contributed by atoms with E-state index in [1.54, 1.807) is 0 Å². The molecule has 1 aromatic carbocycles. The number of methoxy groups -OCH3 is 2. The van der Waals surface area contributed by atoms with E-state index in [4.69, 9.17) is 9.47 Å². The van der Waals surface area contributed by atoms with Crippen LogP contribution in [0.1, 0.15) is 17.0 Å². The summed E-state index contributed by atoms with van der Waals surface area (Å²) >= 11 is 1.89. The topological polar surface area (TPSA) is 18.5 Å². The molecule has 0 radical (unpaired) electrons. The Balaban J connectivity index is 1.76. The number of allylic oxidation sites excluding steroid dienone is 1. The summed E-state index contributed by atoms with van der Waals surface area (Å²) in [5.74, 6) is 4.48. The Morgan fingerprint density at radius 2 is 2.10 bits per heavy atom. The summed E-state index contributed by atoms with van der Waals surface area (Å²) in [5.41, 5.74) is 3.00. The molecule has 2 nitrogen and oxygen atoms in total. The fourth-order valence-electron chi connectivity index (χ4n) is 4.90. The van der Waals surface area contributed by atoms with Crippen molar-refractivity contribution in [2.75, 3.05) is 26.2 Å². The number of ether oxygens (including phenoxy) is 2. The molecule has 1 fully saturated rings. The second-order valence-electron chi connectivity index (χ2n) is 6.46. The molecule has 112 valence electrons. The molecule has 3 aliphatic rings. The van der Waals surface area contributed by atoms with E-state index in [1.807, 2.05) is 26.0 Å². The first-order valence-corrected chi connectivity index (χ1v) is 9.03. The Morgan fingerprint density at radius 3 is 2.81 bits per heavy atom. The molecule has 0 saturated heterocycles. The second-order valence-corrected chi connectivity index (χ2v) is 7.33. The molecule has 3 heteroatoms. The SMILES string of the molecule is COC1=C[C@@H]2[C@H]([C@@H]3Cc4ccccc4[C@H]13)[C@]2(CSC)OC. The average molecular weight is 302 g/mol. The summed E-state index contributed by atoms with van der Waals surface area (Å²) in [6, 6.07) is 8.86. The molecule has 0 heterocycles. The smallest absolute Gasteiger partial charge is 0.0997 e. The molecule has 4 rings (SSSR count). The summed E-state index contributed by atoms with van der Waals surface area (Å²) < 4.78 is 11.8. The van der Waals surface area contributed by atoms with Gasteiger partial charge in [0.05, 0.1) is 18.5 Å². The first-order valence-electron chi connectivity index (χ1n) is 7.64. The molecule has 0 unspecified atom stereocenters. The van der Waals surface area contributed by atoms with E-state index < -0.39 is 0 Å². The van der Waals surface area contributed by atoms with Crippen LogP contribution in [0.25, 0.3) is 0 Å². The summed E-state index contributed by atoms with van der Waals surface area (Å²) in [4.78, 5) is 0. The van der Waals surface area contributed by atoms with Crippen LogP contribution in [-0.4, -0.2) is 31.8 Å². The number of benzene rings is 1. The maximum atomic E-state index is 6.02. The quantitative estimate of drug-likeness (QED) is 0.848. The van der Waals surface area contributed by atoms with Gasteiger partial charge in [0.25, 0.3) is 0 Å². The monoisotopic (exact) mass is 302 g/mol. The van der Waals surface area contributed by atoms with Gasteiger partial charge in [0.2, 0.25) is 0 Å². The molecule has 0 spiro atoms. The van der Waals surface area contributed by atoms with Gasteiger partial charge in [-0.05, 0) is 35.8 Å². The molecular formula is C18H22O2S. The minimum atomic E-state index is 0.0324. The molecule has 0 aliphatic heterocycles. The predicted molar refractivity (Wildman–Crippen MR) is 86.6 cm³/mol. The standard InChI is InChI=1S/C18H22O2S/c1-19-15-9-14-17(18(14,20-2)10-21-3)13-8-11-6-4-5-7-12(11)16(13)15/h4-7,9,13-14,16-17H,8,10H2,1-3H3/t13-,14-,16+,17+,18-/m1/s1. The van der Waals surface area contributed by atoms with E-state index in [-0.39, 0.29) is 5.60 Å². The number of hydrogen-bond donors (Lipinski definition) is 0. The van der Waals surface area contributed by atoms with Crippen molar-refractivity contribution in [3.8, 4) is 0 Å². The molecule has 0 amide bonds. The van der Waals surface area contributed by atoms with Gasteiger partial charge < -0.3 is 9.47 Å². The van der Waals surface area contributed by atoms with Gasteiger partial charge in [-0.1, -0.05) is 24.3 Å². The van der Waals surface area contributed by atoms with Gasteiger partial charge in [-0.3, -0.25) is 0 Å². The van der Waals surface area contributed by atoms with Crippen molar-refractivity contribution in [3.05, 3.63) is 47.2 Å². The minimum absolute atomic E-state index is 0.0324. The van der Waals surface area contributed by atoms with Crippen molar-refractivity contribution in [3.63, 3.8) is 0 Å². The number of fused-ring (bicyclic) bond motifs is 5.